The minimum absolute atomic E-state index is 0.370. The topological polar surface area (TPSA) is 61.4 Å². The normalized spacial score (nSPS) is 12.0. The summed E-state index contributed by atoms with van der Waals surface area (Å²) in [6.07, 6.45) is 0. The Kier molecular flexibility index (Phi) is 7.31. The number of likely N-dealkylation sites (N-methyl/N-ethyl adjacent to an activating group) is 1. The van der Waals surface area contributed by atoms with Gasteiger partial charge in [-0.2, -0.15) is 0 Å². The fourth-order valence-corrected chi connectivity index (χ4v) is 3.60. The number of nitrogens with zero attached hydrogens (tertiary/aromatic N) is 1. The molecule has 0 aliphatic carbocycles. The van der Waals surface area contributed by atoms with E-state index in [1.807, 2.05) is 20.0 Å². The molecule has 5 nitrogen and oxygen atoms in total. The van der Waals surface area contributed by atoms with Crippen molar-refractivity contribution in [1.82, 2.24) is 14.9 Å². The molecule has 1 rings (SSSR count). The van der Waals surface area contributed by atoms with Crippen molar-refractivity contribution in [2.75, 3.05) is 33.2 Å². The number of hydrogen-bond acceptors (Lipinski definition) is 4. The molecule has 0 atom stereocenters. The van der Waals surface area contributed by atoms with Crippen LogP contribution >= 0.6 is 0 Å². The quantitative estimate of drug-likeness (QED) is 0.722. The largest absolute Gasteiger partial charge is 0.316 e. The average Bonchev–Trinajstić information content (AvgIpc) is 2.46. The van der Waals surface area contributed by atoms with Crippen LogP contribution in [0.2, 0.25) is 0 Å². The third-order valence-corrected chi connectivity index (χ3v) is 5.27. The molecule has 0 heterocycles. The molecule has 0 fully saturated rings. The molecular formula is C15H27N3O2S. The van der Waals surface area contributed by atoms with Gasteiger partial charge in [0.15, 0.2) is 0 Å². The van der Waals surface area contributed by atoms with Crippen molar-refractivity contribution in [1.29, 1.82) is 0 Å². The lowest BCUT2D eigenvalue weighted by Gasteiger charge is -2.18. The van der Waals surface area contributed by atoms with Crippen molar-refractivity contribution in [2.24, 2.45) is 0 Å². The molecule has 120 valence electrons. The number of sulfonamides is 1. The van der Waals surface area contributed by atoms with Crippen LogP contribution in [0.3, 0.4) is 0 Å². The SMILES string of the molecule is CCN(CC)CCNS(=O)(=O)c1cccc(CNC)c1C. The Bertz CT molecular complexity index is 540. The van der Waals surface area contributed by atoms with Crippen LogP contribution in [-0.2, 0) is 16.6 Å². The second-order valence-electron chi connectivity index (χ2n) is 5.00. The molecule has 2 N–H and O–H groups in total. The molecule has 0 saturated carbocycles. The summed E-state index contributed by atoms with van der Waals surface area (Å²) < 4.78 is 27.5. The zero-order valence-corrected chi connectivity index (χ0v) is 14.3. The second-order valence-corrected chi connectivity index (χ2v) is 6.73. The molecule has 21 heavy (non-hydrogen) atoms. The van der Waals surface area contributed by atoms with Crippen LogP contribution in [0.4, 0.5) is 0 Å². The van der Waals surface area contributed by atoms with Gasteiger partial charge in [-0.25, -0.2) is 13.1 Å². The molecule has 0 spiro atoms. The number of nitrogens with one attached hydrogen (secondary N) is 2. The van der Waals surface area contributed by atoms with E-state index in [4.69, 9.17) is 0 Å². The number of rotatable bonds is 9. The highest BCUT2D eigenvalue weighted by atomic mass is 32.2. The van der Waals surface area contributed by atoms with Gasteiger partial charge in [-0.15, -0.1) is 0 Å². The molecule has 6 heteroatoms. The van der Waals surface area contributed by atoms with Gasteiger partial charge in [0, 0.05) is 19.6 Å². The monoisotopic (exact) mass is 313 g/mol. The van der Waals surface area contributed by atoms with E-state index in [2.05, 4.69) is 28.8 Å². The van der Waals surface area contributed by atoms with Crippen molar-refractivity contribution in [2.45, 2.75) is 32.2 Å². The summed E-state index contributed by atoms with van der Waals surface area (Å²) in [5.74, 6) is 0. The van der Waals surface area contributed by atoms with Crippen LogP contribution in [0.25, 0.3) is 0 Å². The fraction of sp³-hybridized carbons (Fsp3) is 0.600. The Morgan fingerprint density at radius 1 is 1.19 bits per heavy atom. The summed E-state index contributed by atoms with van der Waals surface area (Å²) in [5, 5.41) is 3.05. The Labute approximate surface area is 128 Å². The van der Waals surface area contributed by atoms with E-state index in [1.54, 1.807) is 12.1 Å². The first kappa shape index (κ1) is 18.1. The molecule has 0 aliphatic rings. The summed E-state index contributed by atoms with van der Waals surface area (Å²) in [6, 6.07) is 5.40. The van der Waals surface area contributed by atoms with Gasteiger partial charge in [0.1, 0.15) is 0 Å². The van der Waals surface area contributed by atoms with Crippen molar-refractivity contribution in [3.8, 4) is 0 Å². The van der Waals surface area contributed by atoms with E-state index in [9.17, 15) is 8.42 Å². The van der Waals surface area contributed by atoms with Gasteiger partial charge in [0.2, 0.25) is 10.0 Å². The Balaban J connectivity index is 2.81. The Hall–Kier alpha value is -0.950. The lowest BCUT2D eigenvalue weighted by atomic mass is 10.1. The zero-order valence-electron chi connectivity index (χ0n) is 13.4. The molecule has 1 aromatic carbocycles. The summed E-state index contributed by atoms with van der Waals surface area (Å²) in [5.41, 5.74) is 1.81. The third-order valence-electron chi connectivity index (χ3n) is 3.67. The van der Waals surface area contributed by atoms with E-state index in [0.717, 1.165) is 30.8 Å². The van der Waals surface area contributed by atoms with Crippen LogP contribution in [0.1, 0.15) is 25.0 Å². The fourth-order valence-electron chi connectivity index (χ4n) is 2.29. The summed E-state index contributed by atoms with van der Waals surface area (Å²) in [4.78, 5) is 2.56. The van der Waals surface area contributed by atoms with Gasteiger partial charge in [0.25, 0.3) is 0 Å². The van der Waals surface area contributed by atoms with Crippen molar-refractivity contribution in [3.63, 3.8) is 0 Å². The Morgan fingerprint density at radius 3 is 2.43 bits per heavy atom. The van der Waals surface area contributed by atoms with E-state index in [-0.39, 0.29) is 0 Å². The molecule has 0 unspecified atom stereocenters. The van der Waals surface area contributed by atoms with Crippen molar-refractivity contribution < 1.29 is 8.42 Å². The van der Waals surface area contributed by atoms with Crippen LogP contribution in [-0.4, -0.2) is 46.5 Å². The third kappa shape index (κ3) is 5.07. The van der Waals surface area contributed by atoms with Gasteiger partial charge in [0.05, 0.1) is 4.90 Å². The van der Waals surface area contributed by atoms with Crippen molar-refractivity contribution in [3.05, 3.63) is 29.3 Å². The summed E-state index contributed by atoms with van der Waals surface area (Å²) in [6.45, 7) is 9.66. The molecule has 0 bridgehead atoms. The van der Waals surface area contributed by atoms with Crippen LogP contribution < -0.4 is 10.0 Å². The van der Waals surface area contributed by atoms with Gasteiger partial charge >= 0.3 is 0 Å². The lowest BCUT2D eigenvalue weighted by molar-refractivity contribution is 0.309. The highest BCUT2D eigenvalue weighted by Crippen LogP contribution is 2.18. The molecule has 0 radical (unpaired) electrons. The van der Waals surface area contributed by atoms with Crippen LogP contribution in [0, 0.1) is 6.92 Å². The predicted octanol–water partition coefficient (Wildman–Crippen LogP) is 1.33. The molecule has 0 saturated heterocycles. The average molecular weight is 313 g/mol. The van der Waals surface area contributed by atoms with Gasteiger partial charge in [-0.3, -0.25) is 0 Å². The minimum atomic E-state index is -3.45. The first-order chi connectivity index (χ1) is 9.96. The highest BCUT2D eigenvalue weighted by Gasteiger charge is 2.17. The molecule has 0 aliphatic heterocycles. The zero-order chi connectivity index (χ0) is 15.9. The molecule has 0 amide bonds. The van der Waals surface area contributed by atoms with E-state index >= 15 is 0 Å². The smallest absolute Gasteiger partial charge is 0.240 e. The van der Waals surface area contributed by atoms with Gasteiger partial charge < -0.3 is 10.2 Å². The molecule has 0 aromatic heterocycles. The Morgan fingerprint density at radius 2 is 1.86 bits per heavy atom. The van der Waals surface area contributed by atoms with E-state index in [1.165, 1.54) is 0 Å². The van der Waals surface area contributed by atoms with Crippen LogP contribution in [0.5, 0.6) is 0 Å². The van der Waals surface area contributed by atoms with E-state index < -0.39 is 10.0 Å². The number of benzene rings is 1. The maximum absolute atomic E-state index is 12.4. The van der Waals surface area contributed by atoms with Crippen molar-refractivity contribution >= 4 is 10.0 Å². The summed E-state index contributed by atoms with van der Waals surface area (Å²) >= 11 is 0. The second kappa shape index (κ2) is 8.48. The van der Waals surface area contributed by atoms with Gasteiger partial charge in [-0.1, -0.05) is 26.0 Å². The van der Waals surface area contributed by atoms with Crippen LogP contribution in [0.15, 0.2) is 23.1 Å². The maximum atomic E-state index is 12.4. The van der Waals surface area contributed by atoms with Gasteiger partial charge in [-0.05, 0) is 44.3 Å². The molecule has 1 aromatic rings. The first-order valence-electron chi connectivity index (χ1n) is 7.41. The minimum Gasteiger partial charge on any atom is -0.316 e. The number of hydrogen-bond donors (Lipinski definition) is 2. The highest BCUT2D eigenvalue weighted by molar-refractivity contribution is 7.89. The maximum Gasteiger partial charge on any atom is 0.240 e. The van der Waals surface area contributed by atoms with E-state index in [0.29, 0.717) is 18.0 Å². The standard InChI is InChI=1S/C15H27N3O2S/c1-5-18(6-2)11-10-17-21(19,20)15-9-7-8-14(12-16-4)13(15)3/h7-9,16-17H,5-6,10-12H2,1-4H3. The summed E-state index contributed by atoms with van der Waals surface area (Å²) in [7, 11) is -1.60. The predicted molar refractivity (Wildman–Crippen MR) is 86.9 cm³/mol. The first-order valence-corrected chi connectivity index (χ1v) is 8.89. The molecular weight excluding hydrogens is 286 g/mol. The lowest BCUT2D eigenvalue weighted by Crippen LogP contribution is -2.35.